The molecule has 1 aliphatic rings. The average Bonchev–Trinajstić information content (AvgIpc) is 3.16. The van der Waals surface area contributed by atoms with E-state index in [-0.39, 0.29) is 18.5 Å². The molecule has 0 unspecified atom stereocenters. The lowest BCUT2D eigenvalue weighted by molar-refractivity contribution is 0.0642. The Morgan fingerprint density at radius 2 is 1.79 bits per heavy atom. The van der Waals surface area contributed by atoms with Gasteiger partial charge in [0.15, 0.2) is 0 Å². The van der Waals surface area contributed by atoms with Crippen molar-refractivity contribution in [1.29, 1.82) is 0 Å². The van der Waals surface area contributed by atoms with E-state index in [4.69, 9.17) is 0 Å². The standard InChI is InChI=1S/C21H26N2O3S2Si/c1-17-16-22(21(24)18-8-6-5-7-9-18)13-14-23(17)28(25,26)20-11-10-19(27-20)12-15-29(2,3)4/h5-11,17H,13-14,16H2,1-4H3/t17-/m1/s1. The fourth-order valence-electron chi connectivity index (χ4n) is 3.14. The van der Waals surface area contributed by atoms with Crippen LogP contribution < -0.4 is 0 Å². The molecule has 5 nitrogen and oxygen atoms in total. The summed E-state index contributed by atoms with van der Waals surface area (Å²) in [6.07, 6.45) is 0. The van der Waals surface area contributed by atoms with Crippen LogP contribution in [0.25, 0.3) is 0 Å². The summed E-state index contributed by atoms with van der Waals surface area (Å²) < 4.78 is 28.1. The Labute approximate surface area is 178 Å². The maximum Gasteiger partial charge on any atom is 0.253 e. The van der Waals surface area contributed by atoms with Gasteiger partial charge in [0, 0.05) is 31.2 Å². The highest BCUT2D eigenvalue weighted by molar-refractivity contribution is 7.91. The molecule has 0 saturated carbocycles. The van der Waals surface area contributed by atoms with Gasteiger partial charge in [0.2, 0.25) is 0 Å². The van der Waals surface area contributed by atoms with E-state index in [9.17, 15) is 13.2 Å². The van der Waals surface area contributed by atoms with Gasteiger partial charge in [-0.3, -0.25) is 4.79 Å². The van der Waals surface area contributed by atoms with Gasteiger partial charge < -0.3 is 4.90 Å². The number of piperazine rings is 1. The van der Waals surface area contributed by atoms with Crippen LogP contribution in [0, 0.1) is 11.5 Å². The summed E-state index contributed by atoms with van der Waals surface area (Å²) in [4.78, 5) is 15.2. The minimum absolute atomic E-state index is 0.0606. The zero-order chi connectivity index (χ0) is 21.2. The molecule has 1 atom stereocenters. The summed E-state index contributed by atoms with van der Waals surface area (Å²) in [5.41, 5.74) is 3.90. The molecule has 0 bridgehead atoms. The molecule has 2 aromatic rings. The fraction of sp³-hybridized carbons (Fsp3) is 0.381. The molecule has 0 spiro atoms. The number of hydrogen-bond acceptors (Lipinski definition) is 4. The molecule has 154 valence electrons. The number of nitrogens with zero attached hydrogens (tertiary/aromatic N) is 2. The highest BCUT2D eigenvalue weighted by Crippen LogP contribution is 2.27. The molecule has 1 aromatic carbocycles. The first-order valence-corrected chi connectivity index (χ1v) is 15.3. The molecule has 8 heteroatoms. The quantitative estimate of drug-likeness (QED) is 0.535. The molecule has 29 heavy (non-hydrogen) atoms. The Balaban J connectivity index is 1.73. The minimum Gasteiger partial charge on any atom is -0.336 e. The number of amides is 1. The topological polar surface area (TPSA) is 57.7 Å². The van der Waals surface area contributed by atoms with Gasteiger partial charge in [0.25, 0.3) is 15.9 Å². The summed E-state index contributed by atoms with van der Waals surface area (Å²) in [6.45, 7) is 9.36. The summed E-state index contributed by atoms with van der Waals surface area (Å²) in [7, 11) is -5.12. The van der Waals surface area contributed by atoms with Gasteiger partial charge in [-0.05, 0) is 31.2 Å². The zero-order valence-corrected chi connectivity index (χ0v) is 19.8. The van der Waals surface area contributed by atoms with Gasteiger partial charge in [-0.2, -0.15) is 4.31 Å². The number of carbonyl (C=O) groups excluding carboxylic acids is 1. The third-order valence-electron chi connectivity index (χ3n) is 4.58. The zero-order valence-electron chi connectivity index (χ0n) is 17.2. The number of thiophene rings is 1. The van der Waals surface area contributed by atoms with Crippen LogP contribution in [-0.2, 0) is 10.0 Å². The van der Waals surface area contributed by atoms with Crippen LogP contribution in [0.4, 0.5) is 0 Å². The summed E-state index contributed by atoms with van der Waals surface area (Å²) >= 11 is 1.22. The van der Waals surface area contributed by atoms with Crippen LogP contribution in [0.3, 0.4) is 0 Å². The van der Waals surface area contributed by atoms with Crippen LogP contribution in [0.2, 0.25) is 19.6 Å². The van der Waals surface area contributed by atoms with Crippen molar-refractivity contribution >= 4 is 35.3 Å². The normalized spacial score (nSPS) is 18.2. The van der Waals surface area contributed by atoms with Crippen LogP contribution in [-0.4, -0.2) is 57.3 Å². The van der Waals surface area contributed by atoms with Crippen molar-refractivity contribution in [2.45, 2.75) is 36.8 Å². The molecule has 0 N–H and O–H groups in total. The first-order chi connectivity index (χ1) is 13.6. The molecular weight excluding hydrogens is 420 g/mol. The van der Waals surface area contributed by atoms with Gasteiger partial charge in [-0.25, -0.2) is 8.42 Å². The molecule has 1 aliphatic heterocycles. The number of carbonyl (C=O) groups is 1. The third-order valence-corrected chi connectivity index (χ3v) is 8.94. The highest BCUT2D eigenvalue weighted by Gasteiger charge is 2.36. The van der Waals surface area contributed by atoms with Gasteiger partial charge in [0.05, 0.1) is 4.88 Å². The van der Waals surface area contributed by atoms with E-state index < -0.39 is 18.1 Å². The van der Waals surface area contributed by atoms with Crippen molar-refractivity contribution in [3.63, 3.8) is 0 Å². The number of rotatable bonds is 3. The minimum atomic E-state index is -3.60. The fourth-order valence-corrected chi connectivity index (χ4v) is 6.64. The molecule has 1 amide bonds. The maximum atomic E-state index is 13.2. The van der Waals surface area contributed by atoms with Gasteiger partial charge in [-0.1, -0.05) is 43.8 Å². The lowest BCUT2D eigenvalue weighted by Gasteiger charge is -2.38. The SMILES string of the molecule is C[C@@H]1CN(C(=O)c2ccccc2)CCN1S(=O)(=O)c1ccc(C#C[Si](C)(C)C)s1. The molecular formula is C21H26N2O3S2Si. The largest absolute Gasteiger partial charge is 0.336 e. The van der Waals surface area contributed by atoms with E-state index in [0.717, 1.165) is 4.88 Å². The van der Waals surface area contributed by atoms with Crippen molar-refractivity contribution in [1.82, 2.24) is 9.21 Å². The second-order valence-electron chi connectivity index (χ2n) is 8.20. The predicted octanol–water partition coefficient (Wildman–Crippen LogP) is 3.51. The summed E-state index contributed by atoms with van der Waals surface area (Å²) in [6, 6.07) is 12.2. The maximum absolute atomic E-state index is 13.2. The molecule has 0 aliphatic carbocycles. The summed E-state index contributed by atoms with van der Waals surface area (Å²) in [5.74, 6) is 3.07. The molecule has 0 radical (unpaired) electrons. The highest BCUT2D eigenvalue weighted by atomic mass is 32.2. The van der Waals surface area contributed by atoms with Crippen molar-refractivity contribution in [2.24, 2.45) is 0 Å². The lowest BCUT2D eigenvalue weighted by atomic mass is 10.1. The van der Waals surface area contributed by atoms with E-state index >= 15 is 0 Å². The van der Waals surface area contributed by atoms with E-state index in [0.29, 0.717) is 22.9 Å². The van der Waals surface area contributed by atoms with Crippen molar-refractivity contribution in [2.75, 3.05) is 19.6 Å². The average molecular weight is 447 g/mol. The van der Waals surface area contributed by atoms with Gasteiger partial charge in [-0.15, -0.1) is 16.9 Å². The van der Waals surface area contributed by atoms with E-state index in [1.807, 2.05) is 25.1 Å². The lowest BCUT2D eigenvalue weighted by Crippen LogP contribution is -2.55. The van der Waals surface area contributed by atoms with Crippen molar-refractivity contribution < 1.29 is 13.2 Å². The van der Waals surface area contributed by atoms with Crippen LogP contribution >= 0.6 is 11.3 Å². The monoisotopic (exact) mass is 446 g/mol. The first kappa shape index (κ1) is 21.8. The third kappa shape index (κ3) is 5.17. The number of hydrogen-bond donors (Lipinski definition) is 0. The predicted molar refractivity (Wildman–Crippen MR) is 120 cm³/mol. The molecule has 2 heterocycles. The van der Waals surface area contributed by atoms with Crippen LogP contribution in [0.1, 0.15) is 22.2 Å². The van der Waals surface area contributed by atoms with Crippen molar-refractivity contribution in [3.05, 3.63) is 52.9 Å². The van der Waals surface area contributed by atoms with E-state index in [1.54, 1.807) is 29.2 Å². The Morgan fingerprint density at radius 3 is 2.41 bits per heavy atom. The van der Waals surface area contributed by atoms with Crippen LogP contribution in [0.15, 0.2) is 46.7 Å². The molecule has 1 saturated heterocycles. The van der Waals surface area contributed by atoms with Gasteiger partial charge in [0.1, 0.15) is 12.3 Å². The van der Waals surface area contributed by atoms with Crippen LogP contribution in [0.5, 0.6) is 0 Å². The molecule has 1 aromatic heterocycles. The smallest absolute Gasteiger partial charge is 0.253 e. The Hall–Kier alpha value is -1.92. The van der Waals surface area contributed by atoms with E-state index in [2.05, 4.69) is 31.1 Å². The van der Waals surface area contributed by atoms with Crippen molar-refractivity contribution in [3.8, 4) is 11.5 Å². The number of sulfonamides is 1. The Morgan fingerprint density at radius 1 is 1.10 bits per heavy atom. The second-order valence-corrected chi connectivity index (χ2v) is 16.2. The van der Waals surface area contributed by atoms with E-state index in [1.165, 1.54) is 15.6 Å². The second kappa shape index (κ2) is 8.44. The van der Waals surface area contributed by atoms with Gasteiger partial charge >= 0.3 is 0 Å². The Bertz CT molecular complexity index is 1050. The molecule has 3 rings (SSSR count). The molecule has 1 fully saturated rings. The summed E-state index contributed by atoms with van der Waals surface area (Å²) in [5, 5.41) is 0. The Kier molecular flexibility index (Phi) is 6.34. The number of benzene rings is 1. The first-order valence-electron chi connectivity index (χ1n) is 9.57.